The zero-order valence-corrected chi connectivity index (χ0v) is 8.70. The van der Waals surface area contributed by atoms with Crippen LogP contribution >= 0.6 is 0 Å². The lowest BCUT2D eigenvalue weighted by Crippen LogP contribution is -1.91. The van der Waals surface area contributed by atoms with Gasteiger partial charge in [0.1, 0.15) is 5.75 Å². The SMILES string of the molecule is CCC#N.Nc1ccc(O)c(CCF)c1. The summed E-state index contributed by atoms with van der Waals surface area (Å²) in [6.07, 6.45) is 0.844. The maximum absolute atomic E-state index is 11.8. The standard InChI is InChI=1S/C8H10FNO.C3H5N/c9-4-3-6-5-7(10)1-2-8(6)11;1-2-3-4/h1-2,5,11H,3-4,10H2;2H2,1H3. The molecule has 0 saturated heterocycles. The Balaban J connectivity index is 0.000000423. The molecule has 0 bridgehead atoms. The van der Waals surface area contributed by atoms with Gasteiger partial charge in [-0.1, -0.05) is 6.92 Å². The number of rotatable bonds is 2. The van der Waals surface area contributed by atoms with E-state index in [9.17, 15) is 4.39 Å². The average molecular weight is 210 g/mol. The first-order chi connectivity index (χ1) is 7.15. The summed E-state index contributed by atoms with van der Waals surface area (Å²) in [5.74, 6) is 0.108. The topological polar surface area (TPSA) is 70.0 Å². The number of anilines is 1. The van der Waals surface area contributed by atoms with Crippen molar-refractivity contribution in [2.24, 2.45) is 0 Å². The fraction of sp³-hybridized carbons (Fsp3) is 0.364. The minimum Gasteiger partial charge on any atom is -0.508 e. The first-order valence-corrected chi connectivity index (χ1v) is 4.66. The highest BCUT2D eigenvalue weighted by Crippen LogP contribution is 2.19. The number of hydrogen-bond acceptors (Lipinski definition) is 3. The Kier molecular flexibility index (Phi) is 6.73. The highest BCUT2D eigenvalue weighted by Gasteiger charge is 1.99. The van der Waals surface area contributed by atoms with Crippen molar-refractivity contribution >= 4 is 5.69 Å². The maximum Gasteiger partial charge on any atom is 0.119 e. The summed E-state index contributed by atoms with van der Waals surface area (Å²) in [4.78, 5) is 0. The molecule has 0 fully saturated rings. The molecule has 0 radical (unpaired) electrons. The number of aromatic hydroxyl groups is 1. The largest absolute Gasteiger partial charge is 0.508 e. The minimum absolute atomic E-state index is 0.108. The van der Waals surface area contributed by atoms with Gasteiger partial charge >= 0.3 is 0 Å². The number of alkyl halides is 1. The summed E-state index contributed by atoms with van der Waals surface area (Å²) in [7, 11) is 0. The number of phenols is 1. The number of nitrogens with zero attached hydrogens (tertiary/aromatic N) is 1. The van der Waals surface area contributed by atoms with Gasteiger partial charge in [-0.15, -0.1) is 0 Å². The first-order valence-electron chi connectivity index (χ1n) is 4.66. The molecule has 15 heavy (non-hydrogen) atoms. The number of phenolic OH excluding ortho intramolecular Hbond substituents is 1. The molecule has 3 N–H and O–H groups in total. The molecule has 0 saturated carbocycles. The maximum atomic E-state index is 11.8. The molecule has 82 valence electrons. The Morgan fingerprint density at radius 2 is 2.13 bits per heavy atom. The van der Waals surface area contributed by atoms with Crippen molar-refractivity contribution in [1.29, 1.82) is 5.26 Å². The lowest BCUT2D eigenvalue weighted by Gasteiger charge is -2.01. The van der Waals surface area contributed by atoms with E-state index in [2.05, 4.69) is 0 Å². The van der Waals surface area contributed by atoms with Gasteiger partial charge in [0.25, 0.3) is 0 Å². The van der Waals surface area contributed by atoms with Gasteiger partial charge < -0.3 is 10.8 Å². The summed E-state index contributed by atoms with van der Waals surface area (Å²) >= 11 is 0. The zero-order chi connectivity index (χ0) is 11.7. The summed E-state index contributed by atoms with van der Waals surface area (Å²) in [5.41, 5.74) is 6.53. The predicted octanol–water partition coefficient (Wildman–Crippen LogP) is 2.41. The smallest absolute Gasteiger partial charge is 0.119 e. The lowest BCUT2D eigenvalue weighted by atomic mass is 10.1. The van der Waals surface area contributed by atoms with Crippen LogP contribution in [-0.4, -0.2) is 11.8 Å². The van der Waals surface area contributed by atoms with E-state index in [1.54, 1.807) is 12.1 Å². The number of halogens is 1. The second-order valence-electron chi connectivity index (χ2n) is 2.84. The number of benzene rings is 1. The van der Waals surface area contributed by atoms with E-state index >= 15 is 0 Å². The van der Waals surface area contributed by atoms with E-state index in [0.717, 1.165) is 0 Å². The van der Waals surface area contributed by atoms with Crippen LogP contribution < -0.4 is 5.73 Å². The summed E-state index contributed by atoms with van der Waals surface area (Å²) in [5, 5.41) is 16.8. The second-order valence-corrected chi connectivity index (χ2v) is 2.84. The van der Waals surface area contributed by atoms with Gasteiger partial charge in [-0.05, 0) is 23.8 Å². The third-order valence-corrected chi connectivity index (χ3v) is 1.63. The molecular formula is C11H15FN2O. The summed E-state index contributed by atoms with van der Waals surface area (Å²) in [6, 6.07) is 6.56. The molecule has 0 unspecified atom stereocenters. The van der Waals surface area contributed by atoms with E-state index < -0.39 is 6.67 Å². The van der Waals surface area contributed by atoms with Gasteiger partial charge in [-0.25, -0.2) is 0 Å². The normalized spacial score (nSPS) is 8.60. The lowest BCUT2D eigenvalue weighted by molar-refractivity contribution is 0.452. The Morgan fingerprint density at radius 3 is 2.60 bits per heavy atom. The van der Waals surface area contributed by atoms with Crippen molar-refractivity contribution < 1.29 is 9.50 Å². The van der Waals surface area contributed by atoms with Gasteiger partial charge in [0.2, 0.25) is 0 Å². The molecule has 0 spiro atoms. The van der Waals surface area contributed by atoms with E-state index in [4.69, 9.17) is 16.1 Å². The third kappa shape index (κ3) is 5.53. The Morgan fingerprint density at radius 1 is 1.53 bits per heavy atom. The molecule has 0 atom stereocenters. The second kappa shape index (κ2) is 7.63. The van der Waals surface area contributed by atoms with Crippen LogP contribution in [0.5, 0.6) is 5.75 Å². The Labute approximate surface area is 89.0 Å². The van der Waals surface area contributed by atoms with Crippen molar-refractivity contribution in [2.45, 2.75) is 19.8 Å². The molecule has 0 aliphatic carbocycles. The van der Waals surface area contributed by atoms with Gasteiger partial charge in [0, 0.05) is 18.5 Å². The van der Waals surface area contributed by atoms with Crippen molar-refractivity contribution in [3.63, 3.8) is 0 Å². The Hall–Kier alpha value is -1.76. The van der Waals surface area contributed by atoms with E-state index in [-0.39, 0.29) is 12.2 Å². The summed E-state index contributed by atoms with van der Waals surface area (Å²) in [6.45, 7) is 1.34. The minimum atomic E-state index is -0.475. The molecule has 0 aliphatic rings. The molecule has 0 amide bonds. The number of nitrogens with two attached hydrogens (primary N) is 1. The number of nitriles is 1. The van der Waals surface area contributed by atoms with E-state index in [1.165, 1.54) is 6.07 Å². The van der Waals surface area contributed by atoms with Crippen molar-refractivity contribution in [1.82, 2.24) is 0 Å². The van der Waals surface area contributed by atoms with Gasteiger partial charge in [0.15, 0.2) is 0 Å². The van der Waals surface area contributed by atoms with Crippen molar-refractivity contribution in [2.75, 3.05) is 12.4 Å². The van der Waals surface area contributed by atoms with Crippen LogP contribution in [0.2, 0.25) is 0 Å². The zero-order valence-electron chi connectivity index (χ0n) is 8.70. The van der Waals surface area contributed by atoms with Crippen LogP contribution in [0.4, 0.5) is 10.1 Å². The summed E-state index contributed by atoms with van der Waals surface area (Å²) < 4.78 is 11.8. The van der Waals surface area contributed by atoms with Gasteiger partial charge in [-0.2, -0.15) is 5.26 Å². The first kappa shape index (κ1) is 13.2. The highest BCUT2D eigenvalue weighted by atomic mass is 19.1. The van der Waals surface area contributed by atoms with Crippen LogP contribution in [0.25, 0.3) is 0 Å². The molecule has 0 aromatic heterocycles. The molecule has 1 aromatic rings. The van der Waals surface area contributed by atoms with E-state index in [1.807, 2.05) is 13.0 Å². The molecule has 1 aromatic carbocycles. The van der Waals surface area contributed by atoms with E-state index in [0.29, 0.717) is 17.7 Å². The number of nitrogen functional groups attached to an aromatic ring is 1. The third-order valence-electron chi connectivity index (χ3n) is 1.63. The molecule has 1 rings (SSSR count). The molecule has 0 aliphatic heterocycles. The monoisotopic (exact) mass is 210 g/mol. The predicted molar refractivity (Wildman–Crippen MR) is 58.1 cm³/mol. The average Bonchev–Trinajstić information content (AvgIpc) is 2.24. The van der Waals surface area contributed by atoms with Crippen molar-refractivity contribution in [3.8, 4) is 11.8 Å². The van der Waals surface area contributed by atoms with Crippen molar-refractivity contribution in [3.05, 3.63) is 23.8 Å². The van der Waals surface area contributed by atoms with Gasteiger partial charge in [0.05, 0.1) is 12.7 Å². The van der Waals surface area contributed by atoms with Gasteiger partial charge in [-0.3, -0.25) is 4.39 Å². The fourth-order valence-electron chi connectivity index (χ4n) is 0.907. The Bertz CT molecular complexity index is 334. The van der Waals surface area contributed by atoms with Crippen LogP contribution in [-0.2, 0) is 6.42 Å². The van der Waals surface area contributed by atoms with Crippen LogP contribution in [0.1, 0.15) is 18.9 Å². The molecular weight excluding hydrogens is 195 g/mol. The van der Waals surface area contributed by atoms with Crippen LogP contribution in [0.3, 0.4) is 0 Å². The quantitative estimate of drug-likeness (QED) is 0.581. The van der Waals surface area contributed by atoms with Crippen LogP contribution in [0.15, 0.2) is 18.2 Å². The molecule has 3 nitrogen and oxygen atoms in total. The number of aryl methyl sites for hydroxylation is 1. The molecule has 4 heteroatoms. The number of hydrogen-bond donors (Lipinski definition) is 2. The molecule has 0 heterocycles. The fourth-order valence-corrected chi connectivity index (χ4v) is 0.907. The van der Waals surface area contributed by atoms with Crippen LogP contribution in [0, 0.1) is 11.3 Å². The highest BCUT2D eigenvalue weighted by molar-refractivity contribution is 5.47.